The fourth-order valence-corrected chi connectivity index (χ4v) is 5.86. The maximum absolute atomic E-state index is 4.91. The lowest BCUT2D eigenvalue weighted by molar-refractivity contribution is 0.748. The molecule has 0 aliphatic carbocycles. The zero-order chi connectivity index (χ0) is 24.5. The number of nitrogens with one attached hydrogen (secondary N) is 1. The number of halogens is 1. The standard InChI is InChI=1S/C31H28N4S.HI/c1-3-34-28-21-23(31-33-26-15-9-10-16-29(26)36-31)17-18-27(28)35(24-12-5-4-6-13-24)30(34)19-20-32-25-14-8-7-11-22(25)2;/h4-21,30,32H,3H2,1-2H3;1H. The minimum absolute atomic E-state index is 0. The number of rotatable bonds is 6. The fraction of sp³-hybridized carbons (Fsp3) is 0.129. The van der Waals surface area contributed by atoms with Crippen LogP contribution in [-0.4, -0.2) is 17.7 Å². The number of para-hydroxylation sites is 3. The first-order chi connectivity index (χ1) is 17.7. The highest BCUT2D eigenvalue weighted by molar-refractivity contribution is 14.0. The Balaban J connectivity index is 0.00000280. The van der Waals surface area contributed by atoms with Crippen LogP contribution >= 0.6 is 35.3 Å². The molecule has 1 unspecified atom stereocenters. The second kappa shape index (κ2) is 10.9. The van der Waals surface area contributed by atoms with Crippen molar-refractivity contribution in [3.05, 3.63) is 115 Å². The van der Waals surface area contributed by atoms with Gasteiger partial charge in [0.1, 0.15) is 11.2 Å². The highest BCUT2D eigenvalue weighted by Crippen LogP contribution is 2.46. The molecule has 37 heavy (non-hydrogen) atoms. The van der Waals surface area contributed by atoms with E-state index < -0.39 is 0 Å². The van der Waals surface area contributed by atoms with Gasteiger partial charge in [-0.2, -0.15) is 0 Å². The number of thiazole rings is 1. The summed E-state index contributed by atoms with van der Waals surface area (Å²) in [4.78, 5) is 9.78. The molecule has 1 aliphatic rings. The lowest BCUT2D eigenvalue weighted by Gasteiger charge is -2.30. The minimum atomic E-state index is 0. The van der Waals surface area contributed by atoms with Crippen molar-refractivity contribution in [2.45, 2.75) is 20.0 Å². The van der Waals surface area contributed by atoms with Gasteiger partial charge in [-0.25, -0.2) is 4.98 Å². The molecule has 186 valence electrons. The number of benzene rings is 4. The molecule has 4 nitrogen and oxygen atoms in total. The smallest absolute Gasteiger partial charge is 0.127 e. The summed E-state index contributed by atoms with van der Waals surface area (Å²) in [6.45, 7) is 5.23. The third kappa shape index (κ3) is 4.83. The molecule has 5 aromatic rings. The molecule has 4 aromatic carbocycles. The summed E-state index contributed by atoms with van der Waals surface area (Å²) in [5, 5.41) is 4.55. The maximum Gasteiger partial charge on any atom is 0.127 e. The van der Waals surface area contributed by atoms with Crippen LogP contribution in [0.2, 0.25) is 0 Å². The van der Waals surface area contributed by atoms with Crippen molar-refractivity contribution in [1.29, 1.82) is 0 Å². The Labute approximate surface area is 239 Å². The van der Waals surface area contributed by atoms with Crippen LogP contribution in [0.15, 0.2) is 109 Å². The van der Waals surface area contributed by atoms with Gasteiger partial charge in [-0.3, -0.25) is 0 Å². The molecule has 0 amide bonds. The average Bonchev–Trinajstić information content (AvgIpc) is 3.49. The summed E-state index contributed by atoms with van der Waals surface area (Å²) >= 11 is 1.75. The molecule has 0 bridgehead atoms. The van der Waals surface area contributed by atoms with E-state index in [1.54, 1.807) is 11.3 Å². The molecule has 0 saturated heterocycles. The first kappa shape index (κ1) is 25.3. The molecule has 1 atom stereocenters. The highest BCUT2D eigenvalue weighted by Gasteiger charge is 2.34. The first-order valence-corrected chi connectivity index (χ1v) is 13.1. The van der Waals surface area contributed by atoms with Crippen LogP contribution in [0, 0.1) is 6.92 Å². The summed E-state index contributed by atoms with van der Waals surface area (Å²) < 4.78 is 1.22. The SMILES string of the molecule is CCN1c2cc(-c3nc4ccccc4s3)ccc2N(c2ccccc2)C1C=CNc1ccccc1C.I. The summed E-state index contributed by atoms with van der Waals surface area (Å²) in [6, 6.07) is 34.1. The zero-order valence-electron chi connectivity index (χ0n) is 20.8. The Morgan fingerprint density at radius 3 is 2.43 bits per heavy atom. The van der Waals surface area contributed by atoms with Gasteiger partial charge in [-0.05, 0) is 74.0 Å². The second-order valence-corrected chi connectivity index (χ2v) is 9.94. The largest absolute Gasteiger partial charge is 0.362 e. The van der Waals surface area contributed by atoms with Crippen LogP contribution in [0.1, 0.15) is 12.5 Å². The lowest BCUT2D eigenvalue weighted by atomic mass is 10.1. The zero-order valence-corrected chi connectivity index (χ0v) is 24.0. The first-order valence-electron chi connectivity index (χ1n) is 12.3. The summed E-state index contributed by atoms with van der Waals surface area (Å²) in [5.74, 6) is 0. The van der Waals surface area contributed by atoms with E-state index in [4.69, 9.17) is 4.98 Å². The van der Waals surface area contributed by atoms with Crippen molar-refractivity contribution in [3.8, 4) is 10.6 Å². The van der Waals surface area contributed by atoms with E-state index in [1.165, 1.54) is 27.3 Å². The monoisotopic (exact) mass is 616 g/mol. The fourth-order valence-electron chi connectivity index (χ4n) is 4.90. The molecule has 2 heterocycles. The van der Waals surface area contributed by atoms with E-state index in [0.717, 1.165) is 28.3 Å². The number of fused-ring (bicyclic) bond motifs is 2. The predicted molar refractivity (Wildman–Crippen MR) is 170 cm³/mol. The Bertz CT molecular complexity index is 1510. The number of hydrogen-bond donors (Lipinski definition) is 1. The Morgan fingerprint density at radius 1 is 0.892 bits per heavy atom. The Morgan fingerprint density at radius 2 is 1.65 bits per heavy atom. The summed E-state index contributed by atoms with van der Waals surface area (Å²) in [5.41, 5.74) is 8.17. The number of hydrogen-bond acceptors (Lipinski definition) is 5. The summed E-state index contributed by atoms with van der Waals surface area (Å²) in [7, 11) is 0. The molecule has 0 saturated carbocycles. The third-order valence-electron chi connectivity index (χ3n) is 6.70. The van der Waals surface area contributed by atoms with Crippen molar-refractivity contribution in [2.75, 3.05) is 21.7 Å². The third-order valence-corrected chi connectivity index (χ3v) is 7.78. The molecule has 0 spiro atoms. The minimum Gasteiger partial charge on any atom is -0.362 e. The van der Waals surface area contributed by atoms with Gasteiger partial charge in [0.05, 0.1) is 21.6 Å². The van der Waals surface area contributed by atoms with Gasteiger partial charge in [0, 0.05) is 29.7 Å². The van der Waals surface area contributed by atoms with Crippen LogP contribution in [0.5, 0.6) is 0 Å². The number of likely N-dealkylation sites (N-methyl/N-ethyl adjacent to an activating group) is 1. The topological polar surface area (TPSA) is 31.4 Å². The van der Waals surface area contributed by atoms with Crippen LogP contribution < -0.4 is 15.1 Å². The number of anilines is 4. The van der Waals surface area contributed by atoms with E-state index in [9.17, 15) is 0 Å². The number of aryl methyl sites for hydroxylation is 1. The van der Waals surface area contributed by atoms with Crippen LogP contribution in [0.4, 0.5) is 22.7 Å². The van der Waals surface area contributed by atoms with Crippen LogP contribution in [0.25, 0.3) is 20.8 Å². The van der Waals surface area contributed by atoms with Gasteiger partial charge in [0.2, 0.25) is 0 Å². The molecule has 1 N–H and O–H groups in total. The molecular weight excluding hydrogens is 587 g/mol. The van der Waals surface area contributed by atoms with E-state index in [1.807, 2.05) is 6.07 Å². The molecule has 1 aliphatic heterocycles. The Hall–Kier alpha value is -3.36. The second-order valence-electron chi connectivity index (χ2n) is 8.91. The van der Waals surface area contributed by atoms with Crippen molar-refractivity contribution in [2.24, 2.45) is 0 Å². The van der Waals surface area contributed by atoms with Gasteiger partial charge in [0.15, 0.2) is 0 Å². The lowest BCUT2D eigenvalue weighted by Crippen LogP contribution is -2.39. The van der Waals surface area contributed by atoms with Gasteiger partial charge in [-0.15, -0.1) is 35.3 Å². The quantitative estimate of drug-likeness (QED) is 0.193. The van der Waals surface area contributed by atoms with Gasteiger partial charge >= 0.3 is 0 Å². The van der Waals surface area contributed by atoms with E-state index in [-0.39, 0.29) is 30.1 Å². The molecule has 6 rings (SSSR count). The van der Waals surface area contributed by atoms with Gasteiger partial charge in [-0.1, -0.05) is 48.5 Å². The van der Waals surface area contributed by atoms with Crippen molar-refractivity contribution in [3.63, 3.8) is 0 Å². The average molecular weight is 617 g/mol. The van der Waals surface area contributed by atoms with E-state index in [0.29, 0.717) is 0 Å². The number of nitrogens with zero attached hydrogens (tertiary/aromatic N) is 3. The molecular formula is C31H29IN4S. The highest BCUT2D eigenvalue weighted by atomic mass is 127. The Kier molecular flexibility index (Phi) is 7.48. The predicted octanol–water partition coefficient (Wildman–Crippen LogP) is 8.82. The van der Waals surface area contributed by atoms with Crippen molar-refractivity contribution in [1.82, 2.24) is 4.98 Å². The van der Waals surface area contributed by atoms with Gasteiger partial charge < -0.3 is 15.1 Å². The van der Waals surface area contributed by atoms with Crippen molar-refractivity contribution >= 4 is 68.3 Å². The molecule has 0 radical (unpaired) electrons. The van der Waals surface area contributed by atoms with Gasteiger partial charge in [0.25, 0.3) is 0 Å². The van der Waals surface area contributed by atoms with E-state index >= 15 is 0 Å². The molecule has 0 fully saturated rings. The maximum atomic E-state index is 4.91. The van der Waals surface area contributed by atoms with Crippen molar-refractivity contribution < 1.29 is 0 Å². The van der Waals surface area contributed by atoms with Crippen LogP contribution in [-0.2, 0) is 0 Å². The normalized spacial score (nSPS) is 14.7. The number of aromatic nitrogens is 1. The van der Waals surface area contributed by atoms with Crippen LogP contribution in [0.3, 0.4) is 0 Å². The molecule has 6 heteroatoms. The summed E-state index contributed by atoms with van der Waals surface area (Å²) in [6.07, 6.45) is 4.38. The van der Waals surface area contributed by atoms with E-state index in [2.05, 4.69) is 132 Å². The molecule has 1 aromatic heterocycles.